The second-order valence-corrected chi connectivity index (χ2v) is 8.77. The van der Waals surface area contributed by atoms with Crippen molar-refractivity contribution in [3.8, 4) is 5.75 Å². The van der Waals surface area contributed by atoms with Crippen molar-refractivity contribution in [2.75, 3.05) is 13.7 Å². The Labute approximate surface area is 174 Å². The molecule has 0 saturated carbocycles. The molecule has 156 valence electrons. The van der Waals surface area contributed by atoms with Crippen LogP contribution in [0.4, 0.5) is 4.39 Å². The number of benzene rings is 2. The third-order valence-corrected chi connectivity index (χ3v) is 6.79. The number of aromatic nitrogens is 1. The lowest BCUT2D eigenvalue weighted by Gasteiger charge is -2.19. The van der Waals surface area contributed by atoms with Crippen LogP contribution < -0.4 is 10.1 Å². The number of ether oxygens (including phenoxy) is 1. The van der Waals surface area contributed by atoms with E-state index in [2.05, 4.69) is 10.3 Å². The molecule has 0 bridgehead atoms. The monoisotopic (exact) mass is 428 g/mol. The number of amides is 1. The van der Waals surface area contributed by atoms with Crippen LogP contribution in [0.3, 0.4) is 0 Å². The van der Waals surface area contributed by atoms with Crippen molar-refractivity contribution in [1.82, 2.24) is 10.3 Å². The van der Waals surface area contributed by atoms with Crippen LogP contribution in [-0.2, 0) is 9.84 Å². The number of nitrogens with one attached hydrogen (secondary N) is 1. The number of carbonyl (C=O) groups excluding carboxylic acids is 1. The molecule has 2 aromatic carbocycles. The van der Waals surface area contributed by atoms with Gasteiger partial charge in [-0.1, -0.05) is 18.2 Å². The number of para-hydroxylation sites is 1. The second kappa shape index (κ2) is 9.04. The van der Waals surface area contributed by atoms with Gasteiger partial charge in [0.25, 0.3) is 5.91 Å². The summed E-state index contributed by atoms with van der Waals surface area (Å²) in [5.41, 5.74) is 0.929. The maximum atomic E-state index is 13.7. The van der Waals surface area contributed by atoms with Gasteiger partial charge in [-0.25, -0.2) is 12.8 Å². The number of aryl methyl sites for hydroxylation is 1. The summed E-state index contributed by atoms with van der Waals surface area (Å²) in [6, 6.07) is 13.5. The van der Waals surface area contributed by atoms with Gasteiger partial charge < -0.3 is 10.1 Å². The molecule has 0 radical (unpaired) electrons. The van der Waals surface area contributed by atoms with Crippen LogP contribution in [0.15, 0.2) is 71.9 Å². The molecule has 1 unspecified atom stereocenters. The first kappa shape index (κ1) is 21.4. The van der Waals surface area contributed by atoms with E-state index in [1.807, 2.05) is 0 Å². The zero-order valence-corrected chi connectivity index (χ0v) is 17.3. The van der Waals surface area contributed by atoms with Crippen molar-refractivity contribution in [2.24, 2.45) is 0 Å². The predicted molar refractivity (Wildman–Crippen MR) is 111 cm³/mol. The lowest BCUT2D eigenvalue weighted by atomic mass is 10.1. The van der Waals surface area contributed by atoms with Crippen LogP contribution in [0.25, 0.3) is 0 Å². The van der Waals surface area contributed by atoms with E-state index >= 15 is 0 Å². The Morgan fingerprint density at radius 2 is 1.93 bits per heavy atom. The average Bonchev–Trinajstić information content (AvgIpc) is 2.76. The zero-order valence-electron chi connectivity index (χ0n) is 16.5. The highest BCUT2D eigenvalue weighted by atomic mass is 32.2. The summed E-state index contributed by atoms with van der Waals surface area (Å²) in [6.45, 7) is 1.30. The van der Waals surface area contributed by atoms with E-state index in [4.69, 9.17) is 4.74 Å². The van der Waals surface area contributed by atoms with Crippen LogP contribution in [-0.4, -0.2) is 33.0 Å². The Balaban J connectivity index is 1.94. The third kappa shape index (κ3) is 4.49. The molecule has 1 atom stereocenters. The molecule has 0 spiro atoms. The van der Waals surface area contributed by atoms with Gasteiger partial charge in [-0.15, -0.1) is 0 Å². The van der Waals surface area contributed by atoms with Crippen molar-refractivity contribution in [2.45, 2.75) is 17.1 Å². The molecule has 8 heteroatoms. The molecule has 6 nitrogen and oxygen atoms in total. The number of halogens is 1. The van der Waals surface area contributed by atoms with E-state index in [0.717, 1.165) is 6.07 Å². The van der Waals surface area contributed by atoms with Crippen LogP contribution in [0, 0.1) is 12.7 Å². The SMILES string of the molecule is COc1ccccc1C(=O)NCC(c1cccnc1)S(=O)(=O)c1ccc(F)c(C)c1. The largest absolute Gasteiger partial charge is 0.496 e. The van der Waals surface area contributed by atoms with Crippen molar-refractivity contribution < 1.29 is 22.3 Å². The van der Waals surface area contributed by atoms with Gasteiger partial charge in [-0.05, 0) is 54.4 Å². The van der Waals surface area contributed by atoms with Gasteiger partial charge >= 0.3 is 0 Å². The first-order chi connectivity index (χ1) is 14.3. The maximum Gasteiger partial charge on any atom is 0.255 e. The second-order valence-electron chi connectivity index (χ2n) is 6.64. The number of hydrogen-bond acceptors (Lipinski definition) is 5. The number of carbonyl (C=O) groups is 1. The van der Waals surface area contributed by atoms with Crippen molar-refractivity contribution >= 4 is 15.7 Å². The summed E-state index contributed by atoms with van der Waals surface area (Å²) in [5.74, 6) is -0.576. The minimum atomic E-state index is -3.94. The highest BCUT2D eigenvalue weighted by Crippen LogP contribution is 2.29. The molecule has 30 heavy (non-hydrogen) atoms. The number of methoxy groups -OCH3 is 1. The topological polar surface area (TPSA) is 85.4 Å². The Kier molecular flexibility index (Phi) is 6.47. The van der Waals surface area contributed by atoms with Gasteiger partial charge in [0.2, 0.25) is 0 Å². The van der Waals surface area contributed by atoms with E-state index in [-0.39, 0.29) is 17.0 Å². The molecule has 0 aliphatic rings. The first-order valence-corrected chi connectivity index (χ1v) is 10.7. The van der Waals surface area contributed by atoms with E-state index < -0.39 is 26.8 Å². The van der Waals surface area contributed by atoms with Gasteiger partial charge in [0.05, 0.1) is 17.6 Å². The fraction of sp³-hybridized carbons (Fsp3) is 0.182. The molecule has 3 aromatic rings. The Morgan fingerprint density at radius 3 is 2.60 bits per heavy atom. The smallest absolute Gasteiger partial charge is 0.255 e. The molecular weight excluding hydrogens is 407 g/mol. The number of pyridine rings is 1. The highest BCUT2D eigenvalue weighted by molar-refractivity contribution is 7.91. The van der Waals surface area contributed by atoms with E-state index in [1.165, 1.54) is 38.6 Å². The molecule has 0 aliphatic heterocycles. The normalized spacial score (nSPS) is 12.2. The highest BCUT2D eigenvalue weighted by Gasteiger charge is 2.30. The molecule has 0 fully saturated rings. The standard InChI is InChI=1S/C22H21FN2O4S/c1-15-12-17(9-10-19(15)23)30(27,28)21(16-6-5-11-24-13-16)14-25-22(26)18-7-3-4-8-20(18)29-2/h3-13,21H,14H2,1-2H3,(H,25,26). The lowest BCUT2D eigenvalue weighted by molar-refractivity contribution is 0.0950. The number of hydrogen-bond donors (Lipinski definition) is 1. The van der Waals surface area contributed by atoms with Crippen molar-refractivity contribution in [3.63, 3.8) is 0 Å². The van der Waals surface area contributed by atoms with Gasteiger partial charge in [0.1, 0.15) is 16.8 Å². The van der Waals surface area contributed by atoms with Crippen LogP contribution >= 0.6 is 0 Å². The molecule has 1 amide bonds. The molecule has 0 aliphatic carbocycles. The summed E-state index contributed by atoms with van der Waals surface area (Å²) < 4.78 is 45.5. The average molecular weight is 428 g/mol. The molecule has 1 N–H and O–H groups in total. The molecule has 0 saturated heterocycles. The predicted octanol–water partition coefficient (Wildman–Crippen LogP) is 3.48. The quantitative estimate of drug-likeness (QED) is 0.583. The number of rotatable bonds is 7. The first-order valence-electron chi connectivity index (χ1n) is 9.15. The van der Waals surface area contributed by atoms with Gasteiger partial charge in [0, 0.05) is 18.9 Å². The van der Waals surface area contributed by atoms with Gasteiger partial charge in [-0.2, -0.15) is 0 Å². The summed E-state index contributed by atoms with van der Waals surface area (Å²) >= 11 is 0. The number of nitrogens with zero attached hydrogens (tertiary/aromatic N) is 1. The summed E-state index contributed by atoms with van der Waals surface area (Å²) in [5, 5.41) is 1.57. The van der Waals surface area contributed by atoms with Crippen LogP contribution in [0.1, 0.15) is 26.7 Å². The number of sulfone groups is 1. The Bertz CT molecular complexity index is 1150. The minimum absolute atomic E-state index is 0.0261. The fourth-order valence-corrected chi connectivity index (χ4v) is 4.77. The minimum Gasteiger partial charge on any atom is -0.496 e. The van der Waals surface area contributed by atoms with E-state index in [9.17, 15) is 17.6 Å². The van der Waals surface area contributed by atoms with Gasteiger partial charge in [-0.3, -0.25) is 9.78 Å². The summed E-state index contributed by atoms with van der Waals surface area (Å²) in [6.07, 6.45) is 2.97. The fourth-order valence-electron chi connectivity index (χ4n) is 3.04. The third-order valence-electron chi connectivity index (χ3n) is 4.69. The Morgan fingerprint density at radius 1 is 1.17 bits per heavy atom. The molecular formula is C22H21FN2O4S. The molecule has 1 heterocycles. The van der Waals surface area contributed by atoms with Crippen LogP contribution in [0.5, 0.6) is 5.75 Å². The summed E-state index contributed by atoms with van der Waals surface area (Å²) in [7, 11) is -2.49. The van der Waals surface area contributed by atoms with Gasteiger partial charge in [0.15, 0.2) is 9.84 Å². The zero-order chi connectivity index (χ0) is 21.7. The molecule has 3 rings (SSSR count). The summed E-state index contributed by atoms with van der Waals surface area (Å²) in [4.78, 5) is 16.6. The molecule has 1 aromatic heterocycles. The van der Waals surface area contributed by atoms with E-state index in [0.29, 0.717) is 16.9 Å². The Hall–Kier alpha value is -3.26. The lowest BCUT2D eigenvalue weighted by Crippen LogP contribution is -2.32. The van der Waals surface area contributed by atoms with Crippen molar-refractivity contribution in [3.05, 3.63) is 89.5 Å². The maximum absolute atomic E-state index is 13.7. The van der Waals surface area contributed by atoms with E-state index in [1.54, 1.807) is 36.4 Å². The van der Waals surface area contributed by atoms with Crippen molar-refractivity contribution in [1.29, 1.82) is 0 Å². The van der Waals surface area contributed by atoms with Crippen LogP contribution in [0.2, 0.25) is 0 Å².